The van der Waals surface area contributed by atoms with E-state index < -0.39 is 6.16 Å². The quantitative estimate of drug-likeness (QED) is 0.458. The third-order valence-corrected chi connectivity index (χ3v) is 4.11. The van der Waals surface area contributed by atoms with Crippen LogP contribution < -0.4 is 4.74 Å². The van der Waals surface area contributed by atoms with Crippen molar-refractivity contribution in [2.45, 2.75) is 19.8 Å². The Bertz CT molecular complexity index is 869. The summed E-state index contributed by atoms with van der Waals surface area (Å²) in [6.45, 7) is 2.15. The number of hydrogen-bond acceptors (Lipinski definition) is 2. The van der Waals surface area contributed by atoms with Crippen molar-refractivity contribution in [2.75, 3.05) is 0 Å². The van der Waals surface area contributed by atoms with Crippen LogP contribution in [0.15, 0.2) is 72.8 Å². The van der Waals surface area contributed by atoms with Crippen LogP contribution in [-0.4, -0.2) is 11.3 Å². The number of ether oxygens (including phenoxy) is 1. The Hall–Kier alpha value is -3.07. The van der Waals surface area contributed by atoms with E-state index in [9.17, 15) is 4.79 Å². The highest BCUT2D eigenvalue weighted by atomic mass is 16.7. The van der Waals surface area contributed by atoms with Gasteiger partial charge in [-0.25, -0.2) is 4.79 Å². The van der Waals surface area contributed by atoms with Crippen molar-refractivity contribution in [3.63, 3.8) is 0 Å². The Morgan fingerprint density at radius 3 is 2.28 bits per heavy atom. The van der Waals surface area contributed by atoms with Gasteiger partial charge in [0.1, 0.15) is 5.75 Å². The molecule has 0 saturated heterocycles. The standard InChI is InChI=1S/C22H20O3/c1-2-9-16-10-6-7-13-18(16)19-14-8-15-20(25-22(23)24)21(19)17-11-4-3-5-12-17/h3-8,10-15H,2,9H2,1H3,(H,23,24). The van der Waals surface area contributed by atoms with Crippen molar-refractivity contribution in [3.05, 3.63) is 78.4 Å². The van der Waals surface area contributed by atoms with Gasteiger partial charge in [-0.15, -0.1) is 0 Å². The lowest BCUT2D eigenvalue weighted by atomic mass is 9.90. The maximum absolute atomic E-state index is 11.1. The highest BCUT2D eigenvalue weighted by Gasteiger charge is 2.17. The van der Waals surface area contributed by atoms with Gasteiger partial charge in [-0.05, 0) is 34.7 Å². The zero-order valence-electron chi connectivity index (χ0n) is 14.1. The number of hydrogen-bond donors (Lipinski definition) is 1. The molecule has 0 heterocycles. The van der Waals surface area contributed by atoms with Crippen LogP contribution in [0, 0.1) is 0 Å². The van der Waals surface area contributed by atoms with Crippen molar-refractivity contribution in [3.8, 4) is 28.0 Å². The summed E-state index contributed by atoms with van der Waals surface area (Å²) in [5.74, 6) is 0.350. The molecule has 25 heavy (non-hydrogen) atoms. The predicted molar refractivity (Wildman–Crippen MR) is 100.0 cm³/mol. The summed E-state index contributed by atoms with van der Waals surface area (Å²) in [7, 11) is 0. The molecule has 3 aromatic carbocycles. The van der Waals surface area contributed by atoms with Crippen molar-refractivity contribution < 1.29 is 14.6 Å². The van der Waals surface area contributed by atoms with E-state index >= 15 is 0 Å². The van der Waals surface area contributed by atoms with Gasteiger partial charge in [0.15, 0.2) is 0 Å². The highest BCUT2D eigenvalue weighted by Crippen LogP contribution is 2.40. The zero-order valence-corrected chi connectivity index (χ0v) is 14.1. The highest BCUT2D eigenvalue weighted by molar-refractivity contribution is 5.89. The molecule has 0 unspecified atom stereocenters. The summed E-state index contributed by atoms with van der Waals surface area (Å²) in [5, 5.41) is 9.12. The van der Waals surface area contributed by atoms with E-state index in [4.69, 9.17) is 9.84 Å². The first-order valence-electron chi connectivity index (χ1n) is 8.38. The van der Waals surface area contributed by atoms with Crippen LogP contribution >= 0.6 is 0 Å². The summed E-state index contributed by atoms with van der Waals surface area (Å²) in [5.41, 5.74) is 5.07. The monoisotopic (exact) mass is 332 g/mol. The fourth-order valence-electron chi connectivity index (χ4n) is 3.11. The van der Waals surface area contributed by atoms with Crippen LogP contribution in [0.5, 0.6) is 5.75 Å². The SMILES string of the molecule is CCCc1ccccc1-c1cccc(OC(=O)O)c1-c1ccccc1. The predicted octanol–water partition coefficient (Wildman–Crippen LogP) is 6.03. The van der Waals surface area contributed by atoms with E-state index in [0.717, 1.165) is 35.1 Å². The Morgan fingerprint density at radius 1 is 0.880 bits per heavy atom. The number of aryl methyl sites for hydroxylation is 1. The second-order valence-corrected chi connectivity index (χ2v) is 5.82. The lowest BCUT2D eigenvalue weighted by molar-refractivity contribution is 0.144. The molecule has 0 saturated carbocycles. The zero-order chi connectivity index (χ0) is 17.6. The molecule has 0 atom stereocenters. The molecule has 0 aliphatic rings. The average molecular weight is 332 g/mol. The van der Waals surface area contributed by atoms with Crippen molar-refractivity contribution >= 4 is 6.16 Å². The van der Waals surface area contributed by atoms with Crippen LogP contribution in [0.3, 0.4) is 0 Å². The second-order valence-electron chi connectivity index (χ2n) is 5.82. The number of benzene rings is 3. The van der Waals surface area contributed by atoms with E-state index in [2.05, 4.69) is 19.1 Å². The Balaban J connectivity index is 2.25. The molecule has 0 bridgehead atoms. The molecular weight excluding hydrogens is 312 g/mol. The van der Waals surface area contributed by atoms with Crippen LogP contribution in [0.4, 0.5) is 4.79 Å². The molecule has 0 aromatic heterocycles. The molecule has 3 heteroatoms. The Morgan fingerprint density at radius 2 is 1.56 bits per heavy atom. The van der Waals surface area contributed by atoms with E-state index in [1.54, 1.807) is 6.07 Å². The van der Waals surface area contributed by atoms with Gasteiger partial charge in [0, 0.05) is 5.56 Å². The maximum atomic E-state index is 11.1. The Labute approximate surface area is 147 Å². The fraction of sp³-hybridized carbons (Fsp3) is 0.136. The van der Waals surface area contributed by atoms with E-state index in [1.807, 2.05) is 54.6 Å². The van der Waals surface area contributed by atoms with Gasteiger partial charge in [-0.2, -0.15) is 0 Å². The summed E-state index contributed by atoms with van der Waals surface area (Å²) in [6.07, 6.45) is 0.702. The van der Waals surface area contributed by atoms with Crippen molar-refractivity contribution in [1.29, 1.82) is 0 Å². The first kappa shape index (κ1) is 16.8. The van der Waals surface area contributed by atoms with Crippen LogP contribution in [0.2, 0.25) is 0 Å². The fourth-order valence-corrected chi connectivity index (χ4v) is 3.11. The number of carbonyl (C=O) groups is 1. The normalized spacial score (nSPS) is 10.4. The van der Waals surface area contributed by atoms with Crippen LogP contribution in [0.1, 0.15) is 18.9 Å². The van der Waals surface area contributed by atoms with Gasteiger partial charge < -0.3 is 9.84 Å². The molecule has 0 fully saturated rings. The summed E-state index contributed by atoms with van der Waals surface area (Å²) in [6, 6.07) is 23.6. The van der Waals surface area contributed by atoms with Gasteiger partial charge in [0.2, 0.25) is 0 Å². The van der Waals surface area contributed by atoms with Gasteiger partial charge >= 0.3 is 6.16 Å². The maximum Gasteiger partial charge on any atom is 0.511 e. The molecule has 0 radical (unpaired) electrons. The molecule has 0 aliphatic carbocycles. The molecule has 3 aromatic rings. The molecule has 0 aliphatic heterocycles. The number of carboxylic acid groups (broad SMARTS) is 1. The van der Waals surface area contributed by atoms with Crippen LogP contribution in [-0.2, 0) is 6.42 Å². The largest absolute Gasteiger partial charge is 0.511 e. The molecule has 126 valence electrons. The molecule has 3 rings (SSSR count). The molecular formula is C22H20O3. The van der Waals surface area contributed by atoms with Crippen molar-refractivity contribution in [2.24, 2.45) is 0 Å². The third-order valence-electron chi connectivity index (χ3n) is 4.11. The minimum atomic E-state index is -1.31. The molecule has 0 spiro atoms. The first-order valence-corrected chi connectivity index (χ1v) is 8.38. The summed E-state index contributed by atoms with van der Waals surface area (Å²) >= 11 is 0. The second kappa shape index (κ2) is 7.67. The van der Waals surface area contributed by atoms with Crippen LogP contribution in [0.25, 0.3) is 22.3 Å². The lowest BCUT2D eigenvalue weighted by Crippen LogP contribution is -2.05. The van der Waals surface area contributed by atoms with Gasteiger partial charge in [-0.1, -0.05) is 80.1 Å². The molecule has 1 N–H and O–H groups in total. The molecule has 3 nitrogen and oxygen atoms in total. The van der Waals surface area contributed by atoms with E-state index in [0.29, 0.717) is 5.75 Å². The van der Waals surface area contributed by atoms with Gasteiger partial charge in [0.05, 0.1) is 0 Å². The average Bonchev–Trinajstić information content (AvgIpc) is 2.62. The third kappa shape index (κ3) is 3.72. The number of rotatable bonds is 5. The minimum Gasteiger partial charge on any atom is -0.449 e. The van der Waals surface area contributed by atoms with Crippen molar-refractivity contribution in [1.82, 2.24) is 0 Å². The smallest absolute Gasteiger partial charge is 0.449 e. The summed E-state index contributed by atoms with van der Waals surface area (Å²) in [4.78, 5) is 11.1. The Kier molecular flexibility index (Phi) is 5.14. The molecule has 0 amide bonds. The first-order chi connectivity index (χ1) is 12.2. The topological polar surface area (TPSA) is 46.5 Å². The van der Waals surface area contributed by atoms with E-state index in [-0.39, 0.29) is 0 Å². The lowest BCUT2D eigenvalue weighted by Gasteiger charge is -2.17. The van der Waals surface area contributed by atoms with Gasteiger partial charge in [0.25, 0.3) is 0 Å². The van der Waals surface area contributed by atoms with E-state index in [1.165, 1.54) is 5.56 Å². The summed E-state index contributed by atoms with van der Waals surface area (Å²) < 4.78 is 5.08. The van der Waals surface area contributed by atoms with Gasteiger partial charge in [-0.3, -0.25) is 0 Å². The minimum absolute atomic E-state index is 0.350.